The average molecular weight is 631 g/mol. The molecule has 0 spiro atoms. The van der Waals surface area contributed by atoms with Crippen LogP contribution >= 0.6 is 15.9 Å². The second-order valence-electron chi connectivity index (χ2n) is 12.0. The molecule has 11 nitrogen and oxygen atoms in total. The fourth-order valence-electron chi connectivity index (χ4n) is 4.06. The highest BCUT2D eigenvalue weighted by Gasteiger charge is 2.36. The normalized spacial score (nSPS) is 14.1. The number of hydrogen-bond acceptors (Lipinski definition) is 10. The highest BCUT2D eigenvalue weighted by molar-refractivity contribution is 9.10. The van der Waals surface area contributed by atoms with Gasteiger partial charge in [-0.1, -0.05) is 29.4 Å². The fraction of sp³-hybridized carbons (Fsp3) is 0.483. The number of ether oxygens (including phenoxy) is 3. The number of benzene rings is 1. The average Bonchev–Trinajstić information content (AvgIpc) is 3.31. The molecule has 0 atom stereocenters. The molecule has 1 saturated heterocycles. The van der Waals surface area contributed by atoms with Crippen molar-refractivity contribution in [1.29, 1.82) is 0 Å². The Balaban J connectivity index is 1.62. The van der Waals surface area contributed by atoms with Gasteiger partial charge in [0.1, 0.15) is 21.5 Å². The Morgan fingerprint density at radius 2 is 1.63 bits per heavy atom. The Hall–Kier alpha value is -3.35. The Morgan fingerprint density at radius 1 is 1.02 bits per heavy atom. The number of halogens is 1. The highest BCUT2D eigenvalue weighted by Crippen LogP contribution is 2.33. The predicted octanol–water partition coefficient (Wildman–Crippen LogP) is 6.32. The molecule has 12 heteroatoms. The number of imide groups is 1. The molecule has 0 unspecified atom stereocenters. The summed E-state index contributed by atoms with van der Waals surface area (Å²) in [6, 6.07) is 9.72. The zero-order valence-electron chi connectivity index (χ0n) is 24.4. The SMILES string of the molecule is CN(Cc1ccc(-c2cc(-c3nc(Br)cnc3N(C(=O)OC(C)(C)C)C(=O)OC(C)(C)C)on2)cc1)CC1COC1. The third-order valence-corrected chi connectivity index (χ3v) is 6.19. The summed E-state index contributed by atoms with van der Waals surface area (Å²) in [4.78, 5) is 38.3. The van der Waals surface area contributed by atoms with E-state index in [1.165, 1.54) is 11.8 Å². The lowest BCUT2D eigenvalue weighted by Gasteiger charge is -2.30. The number of carbonyl (C=O) groups is 2. The molecule has 0 aliphatic carbocycles. The van der Waals surface area contributed by atoms with E-state index < -0.39 is 23.4 Å². The summed E-state index contributed by atoms with van der Waals surface area (Å²) in [6.07, 6.45) is -0.560. The Labute approximate surface area is 248 Å². The first kappa shape index (κ1) is 30.6. The van der Waals surface area contributed by atoms with Crippen molar-refractivity contribution in [1.82, 2.24) is 20.0 Å². The first-order valence-electron chi connectivity index (χ1n) is 13.3. The van der Waals surface area contributed by atoms with Gasteiger partial charge in [-0.3, -0.25) is 0 Å². The summed E-state index contributed by atoms with van der Waals surface area (Å²) in [6.45, 7) is 13.7. The molecule has 1 aromatic carbocycles. The van der Waals surface area contributed by atoms with Crippen molar-refractivity contribution in [3.8, 4) is 22.7 Å². The molecule has 0 saturated carbocycles. The highest BCUT2D eigenvalue weighted by atomic mass is 79.9. The van der Waals surface area contributed by atoms with Gasteiger partial charge in [-0.2, -0.15) is 4.90 Å². The van der Waals surface area contributed by atoms with Crippen LogP contribution in [0.4, 0.5) is 15.4 Å². The van der Waals surface area contributed by atoms with Gasteiger partial charge < -0.3 is 23.6 Å². The van der Waals surface area contributed by atoms with Gasteiger partial charge in [0.15, 0.2) is 17.3 Å². The molecule has 0 bridgehead atoms. The van der Waals surface area contributed by atoms with Crippen LogP contribution in [0.5, 0.6) is 0 Å². The molecular formula is C29H36BrN5O6. The number of aromatic nitrogens is 3. The van der Waals surface area contributed by atoms with E-state index in [9.17, 15) is 9.59 Å². The Morgan fingerprint density at radius 3 is 2.17 bits per heavy atom. The second kappa shape index (κ2) is 12.3. The Kier molecular flexibility index (Phi) is 9.15. The van der Waals surface area contributed by atoms with Crippen molar-refractivity contribution < 1.29 is 28.3 Å². The van der Waals surface area contributed by atoms with Crippen LogP contribution in [0.2, 0.25) is 0 Å². The molecule has 41 heavy (non-hydrogen) atoms. The standard InChI is InChI=1S/C29H36BrN5O6/c1-28(2,3)39-26(36)35(27(37)40-29(4,5)6)25-24(32-23(30)13-31-25)22-12-21(33-41-22)20-10-8-18(9-11-20)14-34(7)15-19-16-38-17-19/h8-13,19H,14-17H2,1-7H3. The lowest BCUT2D eigenvalue weighted by Crippen LogP contribution is -2.44. The third-order valence-electron chi connectivity index (χ3n) is 5.81. The maximum atomic E-state index is 13.2. The van der Waals surface area contributed by atoms with Crippen molar-refractivity contribution >= 4 is 33.9 Å². The molecule has 1 fully saturated rings. The number of rotatable bonds is 7. The van der Waals surface area contributed by atoms with Crippen LogP contribution in [0, 0.1) is 5.92 Å². The van der Waals surface area contributed by atoms with Crippen LogP contribution in [-0.2, 0) is 20.8 Å². The van der Waals surface area contributed by atoms with Crippen LogP contribution in [-0.4, -0.2) is 70.2 Å². The smallest absolute Gasteiger partial charge is 0.425 e. The summed E-state index contributed by atoms with van der Waals surface area (Å²) in [5, 5.41) is 4.22. The van der Waals surface area contributed by atoms with E-state index in [4.69, 9.17) is 18.7 Å². The summed E-state index contributed by atoms with van der Waals surface area (Å²) >= 11 is 3.32. The molecule has 4 rings (SSSR count). The van der Waals surface area contributed by atoms with Crippen molar-refractivity contribution in [2.75, 3.05) is 31.7 Å². The Bertz CT molecular complexity index is 1350. The molecule has 220 valence electrons. The minimum absolute atomic E-state index is 0.105. The number of nitrogens with zero attached hydrogens (tertiary/aromatic N) is 5. The van der Waals surface area contributed by atoms with E-state index in [1.807, 2.05) is 12.1 Å². The number of carbonyl (C=O) groups excluding carboxylic acids is 2. The quantitative estimate of drug-likeness (QED) is 0.294. The van der Waals surface area contributed by atoms with Crippen LogP contribution in [0.15, 0.2) is 45.7 Å². The molecule has 0 N–H and O–H groups in total. The summed E-state index contributed by atoms with van der Waals surface area (Å²) in [5.41, 5.74) is 0.900. The zero-order valence-corrected chi connectivity index (χ0v) is 26.0. The molecule has 1 aliphatic heterocycles. The maximum absolute atomic E-state index is 13.2. The van der Waals surface area contributed by atoms with E-state index in [0.717, 1.165) is 31.9 Å². The summed E-state index contributed by atoms with van der Waals surface area (Å²) < 4.78 is 22.3. The minimum atomic E-state index is -0.963. The largest absolute Gasteiger partial charge is 0.443 e. The zero-order chi connectivity index (χ0) is 29.9. The monoisotopic (exact) mass is 629 g/mol. The van der Waals surface area contributed by atoms with E-state index in [1.54, 1.807) is 47.6 Å². The van der Waals surface area contributed by atoms with Gasteiger partial charge in [-0.25, -0.2) is 19.6 Å². The van der Waals surface area contributed by atoms with Crippen molar-refractivity contribution in [2.45, 2.75) is 59.3 Å². The van der Waals surface area contributed by atoms with Crippen LogP contribution in [0.1, 0.15) is 47.1 Å². The molecule has 0 radical (unpaired) electrons. The first-order chi connectivity index (χ1) is 19.2. The summed E-state index contributed by atoms with van der Waals surface area (Å²) in [7, 11) is 2.10. The second-order valence-corrected chi connectivity index (χ2v) is 12.8. The molecule has 3 aromatic rings. The molecule has 3 heterocycles. The van der Waals surface area contributed by atoms with Gasteiger partial charge >= 0.3 is 12.2 Å². The van der Waals surface area contributed by atoms with Gasteiger partial charge in [0.05, 0.1) is 19.4 Å². The van der Waals surface area contributed by atoms with Crippen molar-refractivity contribution in [3.05, 3.63) is 46.7 Å². The van der Waals surface area contributed by atoms with Crippen molar-refractivity contribution in [2.24, 2.45) is 5.92 Å². The first-order valence-corrected chi connectivity index (χ1v) is 14.1. The van der Waals surface area contributed by atoms with E-state index in [-0.39, 0.29) is 17.3 Å². The van der Waals surface area contributed by atoms with E-state index in [0.29, 0.717) is 21.1 Å². The van der Waals surface area contributed by atoms with Crippen molar-refractivity contribution in [3.63, 3.8) is 0 Å². The number of amides is 2. The van der Waals surface area contributed by atoms with E-state index in [2.05, 4.69) is 55.1 Å². The van der Waals surface area contributed by atoms with Gasteiger partial charge in [-0.15, -0.1) is 0 Å². The number of anilines is 1. The topological polar surface area (TPSA) is 120 Å². The van der Waals surface area contributed by atoms with Crippen LogP contribution in [0.25, 0.3) is 22.7 Å². The van der Waals surface area contributed by atoms with Crippen LogP contribution in [0.3, 0.4) is 0 Å². The van der Waals surface area contributed by atoms with Gasteiger partial charge in [0, 0.05) is 30.6 Å². The maximum Gasteiger partial charge on any atom is 0.425 e. The van der Waals surface area contributed by atoms with Gasteiger partial charge in [-0.05, 0) is 70.1 Å². The van der Waals surface area contributed by atoms with E-state index >= 15 is 0 Å². The molecular weight excluding hydrogens is 594 g/mol. The molecule has 2 amide bonds. The van der Waals surface area contributed by atoms with Gasteiger partial charge in [0.25, 0.3) is 0 Å². The molecule has 2 aromatic heterocycles. The third kappa shape index (κ3) is 8.34. The molecule has 1 aliphatic rings. The number of hydrogen-bond donors (Lipinski definition) is 0. The lowest BCUT2D eigenvalue weighted by atomic mass is 10.1. The summed E-state index contributed by atoms with van der Waals surface area (Å²) in [5.74, 6) is 0.683. The predicted molar refractivity (Wildman–Crippen MR) is 156 cm³/mol. The lowest BCUT2D eigenvalue weighted by molar-refractivity contribution is -0.0445. The van der Waals surface area contributed by atoms with Gasteiger partial charge in [0.2, 0.25) is 0 Å². The minimum Gasteiger partial charge on any atom is -0.443 e. The fourth-order valence-corrected chi connectivity index (χ4v) is 4.34. The van der Waals surface area contributed by atoms with Crippen LogP contribution < -0.4 is 4.90 Å².